The summed E-state index contributed by atoms with van der Waals surface area (Å²) in [5, 5.41) is 2.82. The lowest BCUT2D eigenvalue weighted by Crippen LogP contribution is -2.34. The van der Waals surface area contributed by atoms with Crippen LogP contribution in [0.25, 0.3) is 0 Å². The van der Waals surface area contributed by atoms with E-state index in [9.17, 15) is 24.0 Å². The molecular formula is C40H64N2O15. The summed E-state index contributed by atoms with van der Waals surface area (Å²) in [4.78, 5) is 60.8. The second kappa shape index (κ2) is 27.7. The first-order valence-electron chi connectivity index (χ1n) is 19.5. The Morgan fingerprint density at radius 3 is 1.30 bits per heavy atom. The molecule has 0 aliphatic carbocycles. The lowest BCUT2D eigenvalue weighted by Gasteiger charge is -2.19. The molecule has 1 fully saturated rings. The van der Waals surface area contributed by atoms with Crippen molar-refractivity contribution in [3.8, 4) is 11.5 Å². The topological polar surface area (TPSA) is 193 Å². The van der Waals surface area contributed by atoms with Crippen LogP contribution in [0.3, 0.4) is 0 Å². The van der Waals surface area contributed by atoms with E-state index in [1.165, 1.54) is 0 Å². The fourth-order valence-corrected chi connectivity index (χ4v) is 4.89. The lowest BCUT2D eigenvalue weighted by molar-refractivity contribution is -0.157. The van der Waals surface area contributed by atoms with Crippen LogP contribution >= 0.6 is 0 Å². The highest BCUT2D eigenvalue weighted by Gasteiger charge is 2.28. The number of carbonyl (C=O) groups excluding carboxylic acids is 5. The predicted molar refractivity (Wildman–Crippen MR) is 206 cm³/mol. The summed E-state index contributed by atoms with van der Waals surface area (Å²) < 4.78 is 55.3. The Bertz CT molecular complexity index is 1270. The third-order valence-corrected chi connectivity index (χ3v) is 7.37. The maximum Gasteiger partial charge on any atom is 0.308 e. The van der Waals surface area contributed by atoms with E-state index in [1.807, 2.05) is 41.5 Å². The number of hydrogen-bond acceptors (Lipinski definition) is 15. The Morgan fingerprint density at radius 2 is 0.912 bits per heavy atom. The quantitative estimate of drug-likeness (QED) is 0.0653. The summed E-state index contributed by atoms with van der Waals surface area (Å²) in [6.07, 6.45) is 0.723. The van der Waals surface area contributed by atoms with Gasteiger partial charge in [-0.3, -0.25) is 28.9 Å². The van der Waals surface area contributed by atoms with Gasteiger partial charge in [0.2, 0.25) is 17.7 Å². The van der Waals surface area contributed by atoms with E-state index >= 15 is 0 Å². The van der Waals surface area contributed by atoms with Crippen molar-refractivity contribution < 1.29 is 71.3 Å². The van der Waals surface area contributed by atoms with E-state index in [2.05, 4.69) is 5.32 Å². The highest BCUT2D eigenvalue weighted by molar-refractivity contribution is 6.02. The average molecular weight is 813 g/mol. The van der Waals surface area contributed by atoms with E-state index in [0.29, 0.717) is 77.6 Å². The van der Waals surface area contributed by atoms with Crippen molar-refractivity contribution in [3.05, 3.63) is 23.8 Å². The van der Waals surface area contributed by atoms with Crippen LogP contribution in [0, 0.1) is 0 Å². The van der Waals surface area contributed by atoms with E-state index < -0.39 is 11.2 Å². The maximum atomic E-state index is 12.5. The first-order chi connectivity index (χ1) is 27.1. The maximum absolute atomic E-state index is 12.5. The van der Waals surface area contributed by atoms with Crippen molar-refractivity contribution in [3.63, 3.8) is 0 Å². The number of nitrogens with one attached hydrogen (secondary N) is 1. The zero-order valence-corrected chi connectivity index (χ0v) is 34.7. The molecule has 1 aliphatic rings. The van der Waals surface area contributed by atoms with E-state index in [4.69, 9.17) is 47.4 Å². The summed E-state index contributed by atoms with van der Waals surface area (Å²) in [7, 11) is 0. The molecule has 0 spiro atoms. The number of hydrogen-bond donors (Lipinski definition) is 1. The van der Waals surface area contributed by atoms with Gasteiger partial charge in [-0.2, -0.15) is 0 Å². The first kappa shape index (κ1) is 49.3. The van der Waals surface area contributed by atoms with E-state index in [0.717, 1.165) is 10.5 Å². The zero-order valence-electron chi connectivity index (χ0n) is 34.7. The van der Waals surface area contributed by atoms with Gasteiger partial charge < -0.3 is 52.7 Å². The van der Waals surface area contributed by atoms with Crippen LogP contribution in [-0.2, 0) is 68.4 Å². The minimum atomic E-state index is -0.519. The minimum absolute atomic E-state index is 0.00137. The van der Waals surface area contributed by atoms with Gasteiger partial charge in [0.1, 0.15) is 35.9 Å². The van der Waals surface area contributed by atoms with Crippen LogP contribution in [0.2, 0.25) is 0 Å². The van der Waals surface area contributed by atoms with Gasteiger partial charge in [0.25, 0.3) is 0 Å². The molecule has 1 aliphatic heterocycles. The summed E-state index contributed by atoms with van der Waals surface area (Å²) in [6, 6.07) is 5.29. The van der Waals surface area contributed by atoms with Crippen molar-refractivity contribution in [1.29, 1.82) is 0 Å². The Morgan fingerprint density at radius 1 is 0.544 bits per heavy atom. The van der Waals surface area contributed by atoms with Crippen LogP contribution in [0.1, 0.15) is 79.2 Å². The number of esters is 2. The molecule has 1 saturated heterocycles. The number of imide groups is 1. The first-order valence-corrected chi connectivity index (χ1v) is 19.5. The molecular weight excluding hydrogens is 748 g/mol. The molecule has 1 aromatic rings. The molecule has 1 N–H and O–H groups in total. The molecule has 17 heteroatoms. The second-order valence-corrected chi connectivity index (χ2v) is 14.8. The zero-order chi connectivity index (χ0) is 41.9. The van der Waals surface area contributed by atoms with Crippen molar-refractivity contribution in [1.82, 2.24) is 10.2 Å². The lowest BCUT2D eigenvalue weighted by atomic mass is 10.2. The van der Waals surface area contributed by atoms with Gasteiger partial charge in [-0.25, -0.2) is 0 Å². The molecule has 1 aromatic carbocycles. The summed E-state index contributed by atoms with van der Waals surface area (Å²) in [5.41, 5.74) is -0.321. The number of nitrogens with zero attached hydrogens (tertiary/aromatic N) is 1. The van der Waals surface area contributed by atoms with Gasteiger partial charge >= 0.3 is 11.9 Å². The average Bonchev–Trinajstić information content (AvgIpc) is 3.45. The van der Waals surface area contributed by atoms with Gasteiger partial charge in [-0.15, -0.1) is 0 Å². The van der Waals surface area contributed by atoms with Gasteiger partial charge in [0.05, 0.1) is 92.1 Å². The molecule has 0 radical (unpaired) electrons. The molecule has 0 unspecified atom stereocenters. The third-order valence-electron chi connectivity index (χ3n) is 7.37. The molecule has 17 nitrogen and oxygen atoms in total. The molecule has 1 heterocycles. The van der Waals surface area contributed by atoms with Gasteiger partial charge in [-0.05, 0) is 59.2 Å². The molecule has 3 amide bonds. The smallest absolute Gasteiger partial charge is 0.308 e. The number of likely N-dealkylation sites (tertiary alicyclic amines) is 1. The SMILES string of the molecule is CC(C)(C)OC(=O)CCOCCOCCOCCOc1cc(CNC(=O)CCN2C(=O)CCC2=O)cc(OCCOCCOCCOCCC(=O)OC(C)(C)C)c1. The van der Waals surface area contributed by atoms with Crippen molar-refractivity contribution in [2.75, 3.05) is 99.0 Å². The predicted octanol–water partition coefficient (Wildman–Crippen LogP) is 3.16. The number of benzene rings is 1. The summed E-state index contributed by atoms with van der Waals surface area (Å²) in [6.45, 7) is 15.6. The van der Waals surface area contributed by atoms with Crippen molar-refractivity contribution >= 4 is 29.7 Å². The Hall–Kier alpha value is -3.87. The molecule has 0 bridgehead atoms. The molecule has 2 rings (SSSR count). The highest BCUT2D eigenvalue weighted by atomic mass is 16.6. The Kier molecular flexibility index (Phi) is 24.0. The largest absolute Gasteiger partial charge is 0.491 e. The standard InChI is InChI=1S/C40H64N2O15/c1-39(2,3)56-37(46)10-13-48-15-17-50-19-21-52-23-25-54-32-27-31(30-41-34(43)9-12-42-35(44)7-8-36(42)45)28-33(29-32)55-26-24-53-22-20-51-18-16-49-14-11-38(47)57-40(4,5)6/h27-29H,7-26,30H2,1-6H3,(H,41,43). The van der Waals surface area contributed by atoms with E-state index in [-0.39, 0.29) is 101 Å². The second-order valence-electron chi connectivity index (χ2n) is 14.8. The van der Waals surface area contributed by atoms with Crippen LogP contribution in [-0.4, -0.2) is 145 Å². The molecule has 0 saturated carbocycles. The normalized spacial score (nSPS) is 13.2. The summed E-state index contributed by atoms with van der Waals surface area (Å²) in [5.74, 6) is -0.411. The molecule has 57 heavy (non-hydrogen) atoms. The van der Waals surface area contributed by atoms with E-state index in [1.54, 1.807) is 18.2 Å². The molecule has 324 valence electrons. The van der Waals surface area contributed by atoms with Gasteiger partial charge in [0, 0.05) is 38.4 Å². The number of ether oxygens (including phenoxy) is 10. The third kappa shape index (κ3) is 25.9. The van der Waals surface area contributed by atoms with Crippen LogP contribution in [0.4, 0.5) is 0 Å². The van der Waals surface area contributed by atoms with Crippen LogP contribution in [0.5, 0.6) is 11.5 Å². The fourth-order valence-electron chi connectivity index (χ4n) is 4.89. The number of amides is 3. The minimum Gasteiger partial charge on any atom is -0.491 e. The highest BCUT2D eigenvalue weighted by Crippen LogP contribution is 2.23. The van der Waals surface area contributed by atoms with Crippen LogP contribution in [0.15, 0.2) is 18.2 Å². The van der Waals surface area contributed by atoms with Crippen molar-refractivity contribution in [2.45, 2.75) is 91.4 Å². The monoisotopic (exact) mass is 812 g/mol. The molecule has 0 atom stereocenters. The number of carbonyl (C=O) groups is 5. The number of rotatable bonds is 31. The Labute approximate surface area is 336 Å². The summed E-state index contributed by atoms with van der Waals surface area (Å²) >= 11 is 0. The van der Waals surface area contributed by atoms with Crippen LogP contribution < -0.4 is 14.8 Å². The van der Waals surface area contributed by atoms with Gasteiger partial charge in [0.15, 0.2) is 0 Å². The molecule has 0 aromatic heterocycles. The Balaban J connectivity index is 1.68. The van der Waals surface area contributed by atoms with Gasteiger partial charge in [-0.1, -0.05) is 0 Å². The van der Waals surface area contributed by atoms with Crippen molar-refractivity contribution in [2.24, 2.45) is 0 Å². The fraction of sp³-hybridized carbons (Fsp3) is 0.725.